The Morgan fingerprint density at radius 3 is 2.56 bits per heavy atom. The van der Waals surface area contributed by atoms with Crippen LogP contribution in [0.5, 0.6) is 0 Å². The number of carbonyl (C=O) groups excluding carboxylic acids is 1. The van der Waals surface area contributed by atoms with Crippen LogP contribution in [-0.4, -0.2) is 40.9 Å². The van der Waals surface area contributed by atoms with Gasteiger partial charge in [-0.05, 0) is 19.4 Å². The molecule has 1 aliphatic heterocycles. The highest BCUT2D eigenvalue weighted by Gasteiger charge is 2.40. The molecular weight excluding hydrogens is 245 g/mol. The average molecular weight is 258 g/mol. The summed E-state index contributed by atoms with van der Waals surface area (Å²) in [5.74, 6) is -2.26. The van der Waals surface area contributed by atoms with Crippen LogP contribution < -0.4 is 5.32 Å². The van der Waals surface area contributed by atoms with E-state index in [1.165, 1.54) is 0 Å². The summed E-state index contributed by atoms with van der Waals surface area (Å²) < 4.78 is 50.6. The molecule has 1 rings (SSSR count). The molecule has 1 fully saturated rings. The van der Waals surface area contributed by atoms with Crippen molar-refractivity contribution in [1.82, 2.24) is 5.32 Å². The number of carbonyl (C=O) groups is 1. The molecule has 0 aliphatic carbocycles. The number of halogens is 3. The van der Waals surface area contributed by atoms with Crippen LogP contribution in [0.1, 0.15) is 12.8 Å². The monoisotopic (exact) mass is 258 g/mol. The number of nitrogens with zero attached hydrogens (tertiary/aromatic N) is 1. The van der Waals surface area contributed by atoms with Crippen molar-refractivity contribution in [3.05, 3.63) is 0 Å². The van der Waals surface area contributed by atoms with Gasteiger partial charge in [-0.1, -0.05) is 0 Å². The smallest absolute Gasteiger partial charge is 0.316 e. The van der Waals surface area contributed by atoms with Crippen LogP contribution in [0, 0.1) is 0 Å². The van der Waals surface area contributed by atoms with Gasteiger partial charge in [0, 0.05) is 12.8 Å². The molecule has 16 heavy (non-hydrogen) atoms. The van der Waals surface area contributed by atoms with Crippen molar-refractivity contribution < 1.29 is 22.2 Å². The molecule has 0 radical (unpaired) electrons. The predicted octanol–water partition coefficient (Wildman–Crippen LogP) is 0.925. The summed E-state index contributed by atoms with van der Waals surface area (Å²) in [4.78, 5) is 10.6. The largest absolute Gasteiger partial charge is 0.474 e. The first-order chi connectivity index (χ1) is 7.23. The Balaban J connectivity index is 2.87. The van der Waals surface area contributed by atoms with Gasteiger partial charge in [0.2, 0.25) is 0 Å². The fourth-order valence-corrected chi connectivity index (χ4v) is 3.10. The summed E-state index contributed by atoms with van der Waals surface area (Å²) in [5.41, 5.74) is 0. The number of hydrogen-bond donors (Lipinski definition) is 1. The third kappa shape index (κ3) is 3.44. The van der Waals surface area contributed by atoms with Gasteiger partial charge in [0.1, 0.15) is 0 Å². The lowest BCUT2D eigenvalue weighted by Crippen LogP contribution is -2.39. The Hall–Kier alpha value is -0.630. The summed E-state index contributed by atoms with van der Waals surface area (Å²) in [5, 5.41) is 2.43. The molecule has 0 aromatic heterocycles. The molecule has 1 saturated heterocycles. The molecule has 1 N–H and O–H groups in total. The summed E-state index contributed by atoms with van der Waals surface area (Å²) in [6.45, 7) is 1.09. The summed E-state index contributed by atoms with van der Waals surface area (Å²) >= 11 is 0. The minimum atomic E-state index is -5.04. The highest BCUT2D eigenvalue weighted by atomic mass is 32.2. The summed E-state index contributed by atoms with van der Waals surface area (Å²) in [7, 11) is -3.12. The highest BCUT2D eigenvalue weighted by molar-refractivity contribution is 7.93. The predicted molar refractivity (Wildman–Crippen MR) is 53.4 cm³/mol. The lowest BCUT2D eigenvalue weighted by molar-refractivity contribution is -0.169. The number of piperidine rings is 1. The van der Waals surface area contributed by atoms with Crippen LogP contribution in [-0.2, 0) is 14.5 Å². The second-order valence-electron chi connectivity index (χ2n) is 3.72. The van der Waals surface area contributed by atoms with E-state index in [4.69, 9.17) is 0 Å². The van der Waals surface area contributed by atoms with Gasteiger partial charge in [-0.2, -0.15) is 17.5 Å². The standard InChI is InChI=1S/C8H13F3N2O2S/c1-16(15,6-3-2-4-12-5-6)13-7(14)8(9,10)11/h6,12H,2-5H2,1H3. The zero-order chi connectivity index (χ0) is 12.4. The fourth-order valence-electron chi connectivity index (χ4n) is 1.48. The second kappa shape index (κ2) is 4.70. The Morgan fingerprint density at radius 2 is 2.12 bits per heavy atom. The van der Waals surface area contributed by atoms with Crippen molar-refractivity contribution in [2.24, 2.45) is 4.36 Å². The topological polar surface area (TPSA) is 58.5 Å². The maximum Gasteiger partial charge on any atom is 0.474 e. The molecule has 2 atom stereocenters. The molecule has 0 aromatic carbocycles. The van der Waals surface area contributed by atoms with Crippen LogP contribution in [0.25, 0.3) is 0 Å². The Labute approximate surface area is 91.8 Å². The quantitative estimate of drug-likeness (QED) is 0.761. The third-order valence-corrected chi connectivity index (χ3v) is 4.54. The number of alkyl halides is 3. The minimum absolute atomic E-state index is 0.337. The van der Waals surface area contributed by atoms with Crippen molar-refractivity contribution in [1.29, 1.82) is 0 Å². The maximum atomic E-state index is 12.0. The van der Waals surface area contributed by atoms with Gasteiger partial charge in [-0.25, -0.2) is 4.21 Å². The number of nitrogens with one attached hydrogen (secondary N) is 1. The molecule has 8 heteroatoms. The van der Waals surface area contributed by atoms with Gasteiger partial charge >= 0.3 is 12.1 Å². The van der Waals surface area contributed by atoms with Crippen molar-refractivity contribution in [3.8, 4) is 0 Å². The van der Waals surface area contributed by atoms with E-state index >= 15 is 0 Å². The van der Waals surface area contributed by atoms with E-state index in [0.29, 0.717) is 13.0 Å². The van der Waals surface area contributed by atoms with E-state index in [1.807, 2.05) is 0 Å². The third-order valence-electron chi connectivity index (χ3n) is 2.38. The van der Waals surface area contributed by atoms with E-state index in [9.17, 15) is 22.2 Å². The fraction of sp³-hybridized carbons (Fsp3) is 0.875. The van der Waals surface area contributed by atoms with Crippen LogP contribution in [0.3, 0.4) is 0 Å². The van der Waals surface area contributed by atoms with E-state index < -0.39 is 27.1 Å². The minimum Gasteiger partial charge on any atom is -0.316 e. The van der Waals surface area contributed by atoms with E-state index in [2.05, 4.69) is 9.68 Å². The maximum absolute atomic E-state index is 12.0. The molecule has 1 aliphatic rings. The lowest BCUT2D eigenvalue weighted by Gasteiger charge is -2.23. The van der Waals surface area contributed by atoms with Gasteiger partial charge in [-0.15, -0.1) is 0 Å². The first-order valence-electron chi connectivity index (χ1n) is 4.76. The molecule has 0 aromatic rings. The first-order valence-corrected chi connectivity index (χ1v) is 6.75. The lowest BCUT2D eigenvalue weighted by atomic mass is 10.2. The summed E-state index contributed by atoms with van der Waals surface area (Å²) in [6.07, 6.45) is -2.68. The van der Waals surface area contributed by atoms with Crippen LogP contribution in [0.4, 0.5) is 13.2 Å². The van der Waals surface area contributed by atoms with Crippen molar-refractivity contribution in [2.75, 3.05) is 19.3 Å². The Bertz CT molecular complexity index is 379. The van der Waals surface area contributed by atoms with Crippen molar-refractivity contribution >= 4 is 15.6 Å². The van der Waals surface area contributed by atoms with Crippen LogP contribution in [0.2, 0.25) is 0 Å². The molecule has 0 spiro atoms. The van der Waals surface area contributed by atoms with Crippen molar-refractivity contribution in [3.63, 3.8) is 0 Å². The van der Waals surface area contributed by atoms with Gasteiger partial charge in [0.05, 0.1) is 15.0 Å². The molecule has 0 saturated carbocycles. The zero-order valence-electron chi connectivity index (χ0n) is 8.71. The van der Waals surface area contributed by atoms with E-state index in [0.717, 1.165) is 19.2 Å². The number of rotatable bonds is 1. The summed E-state index contributed by atoms with van der Waals surface area (Å²) in [6, 6.07) is 0. The number of amides is 1. The molecular formula is C8H13F3N2O2S. The Kier molecular flexibility index (Phi) is 3.95. The highest BCUT2D eigenvalue weighted by Crippen LogP contribution is 2.20. The van der Waals surface area contributed by atoms with Crippen molar-refractivity contribution in [2.45, 2.75) is 24.3 Å². The molecule has 94 valence electrons. The second-order valence-corrected chi connectivity index (χ2v) is 6.30. The number of hydrogen-bond acceptors (Lipinski definition) is 3. The average Bonchev–Trinajstić information content (AvgIpc) is 2.17. The van der Waals surface area contributed by atoms with Gasteiger partial charge in [0.15, 0.2) is 0 Å². The Morgan fingerprint density at radius 1 is 1.50 bits per heavy atom. The van der Waals surface area contributed by atoms with Crippen LogP contribution in [0.15, 0.2) is 4.36 Å². The van der Waals surface area contributed by atoms with Gasteiger partial charge in [-0.3, -0.25) is 4.79 Å². The SMILES string of the molecule is CS(=O)(=NC(=O)C(F)(F)F)C1CCCNC1. The molecule has 1 amide bonds. The van der Waals surface area contributed by atoms with E-state index in [1.54, 1.807) is 0 Å². The molecule has 4 nitrogen and oxygen atoms in total. The van der Waals surface area contributed by atoms with E-state index in [-0.39, 0.29) is 0 Å². The first kappa shape index (κ1) is 13.4. The zero-order valence-corrected chi connectivity index (χ0v) is 9.53. The molecule has 0 bridgehead atoms. The van der Waals surface area contributed by atoms with Crippen LogP contribution >= 0.6 is 0 Å². The molecule has 1 heterocycles. The normalized spacial score (nSPS) is 25.9. The van der Waals surface area contributed by atoms with Gasteiger partial charge < -0.3 is 5.32 Å². The molecule has 2 unspecified atom stereocenters. The van der Waals surface area contributed by atoms with Gasteiger partial charge in [0.25, 0.3) is 0 Å².